The van der Waals surface area contributed by atoms with E-state index in [2.05, 4.69) is 38.7 Å². The molecule has 2 rings (SSSR count). The molecule has 0 radical (unpaired) electrons. The van der Waals surface area contributed by atoms with Crippen molar-refractivity contribution in [1.29, 1.82) is 0 Å². The van der Waals surface area contributed by atoms with E-state index in [4.69, 9.17) is 0 Å². The van der Waals surface area contributed by atoms with Crippen LogP contribution in [0.25, 0.3) is 0 Å². The molecule has 2 atom stereocenters. The Hall–Kier alpha value is -0.790. The van der Waals surface area contributed by atoms with Gasteiger partial charge in [0.15, 0.2) is 0 Å². The topological polar surface area (TPSA) is 20.3 Å². The van der Waals surface area contributed by atoms with Crippen molar-refractivity contribution < 1.29 is 4.79 Å². The highest BCUT2D eigenvalue weighted by atomic mass is 16.2. The summed E-state index contributed by atoms with van der Waals surface area (Å²) in [4.78, 5) is 14.9. The lowest BCUT2D eigenvalue weighted by Crippen LogP contribution is -2.38. The summed E-state index contributed by atoms with van der Waals surface area (Å²) in [5.74, 6) is 1.02. The number of hydrogen-bond acceptors (Lipinski definition) is 1. The van der Waals surface area contributed by atoms with Crippen LogP contribution in [-0.2, 0) is 4.79 Å². The molecule has 2 nitrogen and oxygen atoms in total. The molecule has 0 heterocycles. The molecule has 2 saturated carbocycles. The Morgan fingerprint density at radius 3 is 2.15 bits per heavy atom. The number of rotatable bonds is 3. The fourth-order valence-electron chi connectivity index (χ4n) is 3.86. The van der Waals surface area contributed by atoms with Crippen molar-refractivity contribution in [3.05, 3.63) is 11.6 Å². The highest BCUT2D eigenvalue weighted by Crippen LogP contribution is 2.60. The summed E-state index contributed by atoms with van der Waals surface area (Å²) in [5.41, 5.74) is 1.48. The first-order valence-corrected chi connectivity index (χ1v) is 8.27. The van der Waals surface area contributed by atoms with Gasteiger partial charge in [-0.2, -0.15) is 0 Å². The Morgan fingerprint density at radius 2 is 1.65 bits per heavy atom. The average Bonchev–Trinajstić information content (AvgIpc) is 3.00. The molecule has 0 aromatic rings. The van der Waals surface area contributed by atoms with Gasteiger partial charge >= 0.3 is 0 Å². The maximum atomic E-state index is 12.8. The maximum absolute atomic E-state index is 12.8. The summed E-state index contributed by atoms with van der Waals surface area (Å²) < 4.78 is 0. The number of allylic oxidation sites excluding steroid dienone is 2. The van der Waals surface area contributed by atoms with Crippen molar-refractivity contribution in [2.24, 2.45) is 17.3 Å². The Bertz CT molecular complexity index is 384. The fourth-order valence-corrected chi connectivity index (χ4v) is 3.86. The van der Waals surface area contributed by atoms with Crippen LogP contribution in [0.15, 0.2) is 11.6 Å². The Morgan fingerprint density at radius 1 is 1.10 bits per heavy atom. The van der Waals surface area contributed by atoms with Gasteiger partial charge in [-0.25, -0.2) is 0 Å². The molecule has 0 aromatic heterocycles. The monoisotopic (exact) mass is 277 g/mol. The van der Waals surface area contributed by atoms with Crippen LogP contribution in [0, 0.1) is 17.3 Å². The van der Waals surface area contributed by atoms with Gasteiger partial charge in [0.1, 0.15) is 0 Å². The van der Waals surface area contributed by atoms with E-state index in [1.807, 2.05) is 7.05 Å². The summed E-state index contributed by atoms with van der Waals surface area (Å²) in [7, 11) is 2.03. The van der Waals surface area contributed by atoms with E-state index in [1.54, 1.807) is 0 Å². The van der Waals surface area contributed by atoms with Crippen LogP contribution in [0.4, 0.5) is 0 Å². The molecular formula is C18H31NO. The minimum absolute atomic E-state index is 0.146. The predicted octanol–water partition coefficient (Wildman–Crippen LogP) is 4.41. The van der Waals surface area contributed by atoms with E-state index in [1.165, 1.54) is 44.1 Å². The third-order valence-corrected chi connectivity index (χ3v) is 5.41. The van der Waals surface area contributed by atoms with Crippen molar-refractivity contribution in [1.82, 2.24) is 4.90 Å². The van der Waals surface area contributed by atoms with Gasteiger partial charge in [0.05, 0.1) is 5.92 Å². The van der Waals surface area contributed by atoms with Crippen LogP contribution in [0.5, 0.6) is 0 Å². The number of hydrogen-bond donors (Lipinski definition) is 0. The molecule has 20 heavy (non-hydrogen) atoms. The number of amides is 1. The standard InChI is InChI=1S/C18H31NO/c1-13(2)12-15-16(18(15,3)4)17(20)19(5)14-10-8-6-7-9-11-14/h12,14-16H,6-11H2,1-5H3. The Kier molecular flexibility index (Phi) is 4.61. The van der Waals surface area contributed by atoms with E-state index in [9.17, 15) is 4.79 Å². The Balaban J connectivity index is 2.02. The molecule has 0 N–H and O–H groups in total. The second-order valence-electron chi connectivity index (χ2n) is 7.66. The molecular weight excluding hydrogens is 246 g/mol. The lowest BCUT2D eigenvalue weighted by Gasteiger charge is -2.28. The second kappa shape index (κ2) is 5.91. The SMILES string of the molecule is CC(C)=CC1C(C(=O)N(C)C2CCCCCC2)C1(C)C. The van der Waals surface area contributed by atoms with Gasteiger partial charge in [-0.3, -0.25) is 4.79 Å². The molecule has 114 valence electrons. The fraction of sp³-hybridized carbons (Fsp3) is 0.833. The van der Waals surface area contributed by atoms with Gasteiger partial charge in [0.25, 0.3) is 0 Å². The first-order valence-electron chi connectivity index (χ1n) is 8.27. The first kappa shape index (κ1) is 15.6. The molecule has 2 fully saturated rings. The van der Waals surface area contributed by atoms with Crippen LogP contribution >= 0.6 is 0 Å². The van der Waals surface area contributed by atoms with Crippen LogP contribution in [0.3, 0.4) is 0 Å². The number of carbonyl (C=O) groups is 1. The van der Waals surface area contributed by atoms with Gasteiger partial charge in [-0.1, -0.05) is 51.2 Å². The van der Waals surface area contributed by atoms with E-state index < -0.39 is 0 Å². The third-order valence-electron chi connectivity index (χ3n) is 5.41. The smallest absolute Gasteiger partial charge is 0.226 e. The van der Waals surface area contributed by atoms with Gasteiger partial charge < -0.3 is 4.90 Å². The second-order valence-corrected chi connectivity index (χ2v) is 7.66. The highest BCUT2D eigenvalue weighted by molar-refractivity contribution is 5.83. The molecule has 0 bridgehead atoms. The molecule has 2 unspecified atom stereocenters. The van der Waals surface area contributed by atoms with Crippen molar-refractivity contribution in [3.8, 4) is 0 Å². The highest BCUT2D eigenvalue weighted by Gasteiger charge is 2.61. The van der Waals surface area contributed by atoms with Crippen LogP contribution in [-0.4, -0.2) is 23.9 Å². The lowest BCUT2D eigenvalue weighted by atomic mass is 10.1. The molecule has 0 spiro atoms. The summed E-state index contributed by atoms with van der Waals surface area (Å²) in [6.45, 7) is 8.73. The van der Waals surface area contributed by atoms with E-state index in [0.717, 1.165) is 0 Å². The van der Waals surface area contributed by atoms with Crippen molar-refractivity contribution in [2.45, 2.75) is 72.3 Å². The first-order chi connectivity index (χ1) is 9.35. The average molecular weight is 277 g/mol. The third kappa shape index (κ3) is 3.10. The number of carbonyl (C=O) groups excluding carboxylic acids is 1. The van der Waals surface area contributed by atoms with Crippen LogP contribution < -0.4 is 0 Å². The molecule has 0 aliphatic heterocycles. The van der Waals surface area contributed by atoms with E-state index in [0.29, 0.717) is 17.9 Å². The lowest BCUT2D eigenvalue weighted by molar-refractivity contribution is -0.134. The zero-order valence-electron chi connectivity index (χ0n) is 13.9. The quantitative estimate of drug-likeness (QED) is 0.553. The van der Waals surface area contributed by atoms with Gasteiger partial charge in [0, 0.05) is 13.1 Å². The largest absolute Gasteiger partial charge is 0.343 e. The van der Waals surface area contributed by atoms with Crippen molar-refractivity contribution in [3.63, 3.8) is 0 Å². The van der Waals surface area contributed by atoms with Crippen molar-refractivity contribution >= 4 is 5.91 Å². The molecule has 2 aliphatic carbocycles. The van der Waals surface area contributed by atoms with Gasteiger partial charge in [-0.15, -0.1) is 0 Å². The summed E-state index contributed by atoms with van der Waals surface area (Å²) in [6.07, 6.45) is 9.94. The van der Waals surface area contributed by atoms with E-state index in [-0.39, 0.29) is 11.3 Å². The van der Waals surface area contributed by atoms with E-state index >= 15 is 0 Å². The van der Waals surface area contributed by atoms with Gasteiger partial charge in [-0.05, 0) is 38.0 Å². The predicted molar refractivity (Wildman–Crippen MR) is 84.5 cm³/mol. The number of nitrogens with zero attached hydrogens (tertiary/aromatic N) is 1. The minimum atomic E-state index is 0.146. The summed E-state index contributed by atoms with van der Waals surface area (Å²) in [5, 5.41) is 0. The minimum Gasteiger partial charge on any atom is -0.343 e. The summed E-state index contributed by atoms with van der Waals surface area (Å²) in [6, 6.07) is 0.480. The molecule has 1 amide bonds. The van der Waals surface area contributed by atoms with Crippen molar-refractivity contribution in [2.75, 3.05) is 7.05 Å². The maximum Gasteiger partial charge on any atom is 0.226 e. The normalized spacial score (nSPS) is 29.4. The molecule has 0 saturated heterocycles. The van der Waals surface area contributed by atoms with Gasteiger partial charge in [0.2, 0.25) is 5.91 Å². The van der Waals surface area contributed by atoms with Crippen LogP contribution in [0.1, 0.15) is 66.2 Å². The molecule has 2 heteroatoms. The molecule has 0 aromatic carbocycles. The van der Waals surface area contributed by atoms with Crippen LogP contribution in [0.2, 0.25) is 0 Å². The zero-order valence-corrected chi connectivity index (χ0v) is 13.9. The zero-order chi connectivity index (χ0) is 14.9. The Labute approximate surface area is 124 Å². The summed E-state index contributed by atoms with van der Waals surface area (Å²) >= 11 is 0. The molecule has 2 aliphatic rings.